The number of hydrogen-bond donors (Lipinski definition) is 1. The monoisotopic (exact) mass is 254 g/mol. The van der Waals surface area contributed by atoms with Crippen LogP contribution < -0.4 is 4.74 Å². The lowest BCUT2D eigenvalue weighted by atomic mass is 10.1. The van der Waals surface area contributed by atoms with Crippen LogP contribution in [0.1, 0.15) is 29.8 Å². The molecule has 0 amide bonds. The smallest absolute Gasteiger partial charge is 0.145 e. The molecule has 2 rings (SSSR count). The van der Waals surface area contributed by atoms with Gasteiger partial charge in [-0.1, -0.05) is 6.07 Å². The second kappa shape index (κ2) is 5.51. The zero-order valence-electron chi connectivity index (χ0n) is 10.8. The number of nitrogens with zero attached hydrogens (tertiary/aromatic N) is 2. The van der Waals surface area contributed by atoms with E-state index in [9.17, 15) is 5.11 Å². The molecule has 1 aromatic carbocycles. The minimum absolute atomic E-state index is 0.550. The summed E-state index contributed by atoms with van der Waals surface area (Å²) in [6.45, 7) is 3.57. The highest BCUT2D eigenvalue weighted by atomic mass is 16.5. The first kappa shape index (κ1) is 13.1. The van der Waals surface area contributed by atoms with E-state index in [1.807, 2.05) is 13.0 Å². The van der Waals surface area contributed by atoms with E-state index in [2.05, 4.69) is 11.1 Å². The molecule has 1 N–H and O–H groups in total. The van der Waals surface area contributed by atoms with Crippen LogP contribution in [0.5, 0.6) is 11.5 Å². The Hall–Kier alpha value is -2.38. The van der Waals surface area contributed by atoms with Crippen molar-refractivity contribution >= 4 is 0 Å². The normalized spacial score (nSPS) is 11.7. The van der Waals surface area contributed by atoms with Gasteiger partial charge in [0.15, 0.2) is 0 Å². The van der Waals surface area contributed by atoms with Crippen molar-refractivity contribution in [1.29, 1.82) is 5.26 Å². The molecule has 0 aliphatic heterocycles. The number of pyridine rings is 1. The summed E-state index contributed by atoms with van der Waals surface area (Å²) in [6, 6.07) is 10.8. The van der Waals surface area contributed by atoms with Crippen LogP contribution in [0, 0.1) is 18.3 Å². The van der Waals surface area contributed by atoms with Gasteiger partial charge in [0.2, 0.25) is 0 Å². The van der Waals surface area contributed by atoms with Crippen molar-refractivity contribution in [2.45, 2.75) is 20.0 Å². The highest BCUT2D eigenvalue weighted by molar-refractivity contribution is 5.43. The number of aryl methyl sites for hydroxylation is 1. The Morgan fingerprint density at radius 3 is 2.68 bits per heavy atom. The third-order valence-electron chi connectivity index (χ3n) is 2.73. The summed E-state index contributed by atoms with van der Waals surface area (Å²) in [4.78, 5) is 4.11. The number of aromatic nitrogens is 1. The quantitative estimate of drug-likeness (QED) is 0.913. The summed E-state index contributed by atoms with van der Waals surface area (Å²) in [6.07, 6.45) is 0.957. The summed E-state index contributed by atoms with van der Waals surface area (Å²) in [5, 5.41) is 18.2. The number of rotatable bonds is 3. The molecule has 1 unspecified atom stereocenters. The van der Waals surface area contributed by atoms with Crippen molar-refractivity contribution < 1.29 is 9.84 Å². The molecular weight excluding hydrogens is 240 g/mol. The van der Waals surface area contributed by atoms with Crippen molar-refractivity contribution in [1.82, 2.24) is 4.98 Å². The summed E-state index contributed by atoms with van der Waals surface area (Å²) in [5.41, 5.74) is 2.09. The van der Waals surface area contributed by atoms with Crippen LogP contribution >= 0.6 is 0 Å². The summed E-state index contributed by atoms with van der Waals surface area (Å²) in [7, 11) is 0. The first-order chi connectivity index (χ1) is 9.10. The van der Waals surface area contributed by atoms with E-state index in [0.717, 1.165) is 5.56 Å². The molecule has 1 heterocycles. The SMILES string of the molecule is Cc1ccc(C#N)cc1Oc1ccc(C(C)O)nc1. The van der Waals surface area contributed by atoms with Crippen LogP contribution in [0.4, 0.5) is 0 Å². The largest absolute Gasteiger partial charge is 0.455 e. The van der Waals surface area contributed by atoms with E-state index >= 15 is 0 Å². The zero-order valence-corrected chi connectivity index (χ0v) is 10.8. The molecule has 0 saturated heterocycles. The predicted octanol–water partition coefficient (Wildman–Crippen LogP) is 3.11. The molecule has 1 atom stereocenters. The Balaban J connectivity index is 2.24. The summed E-state index contributed by atoms with van der Waals surface area (Å²) >= 11 is 0. The van der Waals surface area contributed by atoms with Gasteiger partial charge in [0.1, 0.15) is 11.5 Å². The highest BCUT2D eigenvalue weighted by Crippen LogP contribution is 2.26. The lowest BCUT2D eigenvalue weighted by Crippen LogP contribution is -1.95. The van der Waals surface area contributed by atoms with Crippen molar-refractivity contribution in [3.8, 4) is 17.6 Å². The summed E-state index contributed by atoms with van der Waals surface area (Å²) < 4.78 is 5.69. The average molecular weight is 254 g/mol. The van der Waals surface area contributed by atoms with Gasteiger partial charge in [-0.3, -0.25) is 4.98 Å². The van der Waals surface area contributed by atoms with Gasteiger partial charge >= 0.3 is 0 Å². The molecule has 0 bridgehead atoms. The fourth-order valence-corrected chi connectivity index (χ4v) is 1.61. The lowest BCUT2D eigenvalue weighted by molar-refractivity contribution is 0.194. The van der Waals surface area contributed by atoms with Crippen LogP contribution in [0.15, 0.2) is 36.5 Å². The molecular formula is C15H14N2O2. The standard InChI is InChI=1S/C15H14N2O2/c1-10-3-4-12(8-16)7-15(10)19-13-5-6-14(11(2)18)17-9-13/h3-7,9,11,18H,1-2H3. The number of aliphatic hydroxyl groups is 1. The molecule has 0 aliphatic rings. The molecule has 0 saturated carbocycles. The first-order valence-electron chi connectivity index (χ1n) is 5.93. The van der Waals surface area contributed by atoms with E-state index in [1.165, 1.54) is 0 Å². The zero-order chi connectivity index (χ0) is 13.8. The Bertz CT molecular complexity index is 613. The van der Waals surface area contributed by atoms with E-state index in [4.69, 9.17) is 10.00 Å². The maximum Gasteiger partial charge on any atom is 0.145 e. The Morgan fingerprint density at radius 1 is 1.32 bits per heavy atom. The molecule has 0 aliphatic carbocycles. The molecule has 4 heteroatoms. The number of aliphatic hydroxyl groups excluding tert-OH is 1. The van der Waals surface area contributed by atoms with Crippen LogP contribution in [-0.4, -0.2) is 10.1 Å². The molecule has 0 spiro atoms. The molecule has 0 fully saturated rings. The van der Waals surface area contributed by atoms with Crippen LogP contribution in [0.25, 0.3) is 0 Å². The van der Waals surface area contributed by atoms with E-state index < -0.39 is 6.10 Å². The van der Waals surface area contributed by atoms with E-state index in [1.54, 1.807) is 37.4 Å². The predicted molar refractivity (Wildman–Crippen MR) is 70.8 cm³/mol. The number of nitriles is 1. The second-order valence-corrected chi connectivity index (χ2v) is 4.29. The third-order valence-corrected chi connectivity index (χ3v) is 2.73. The topological polar surface area (TPSA) is 66.1 Å². The molecule has 19 heavy (non-hydrogen) atoms. The van der Waals surface area contributed by atoms with Crippen molar-refractivity contribution in [2.24, 2.45) is 0 Å². The van der Waals surface area contributed by atoms with Gasteiger partial charge in [0.05, 0.1) is 29.6 Å². The fraction of sp³-hybridized carbons (Fsp3) is 0.200. The highest BCUT2D eigenvalue weighted by Gasteiger charge is 2.06. The Kier molecular flexibility index (Phi) is 3.79. The average Bonchev–Trinajstić information content (AvgIpc) is 2.42. The van der Waals surface area contributed by atoms with Crippen molar-refractivity contribution in [3.05, 3.63) is 53.3 Å². The van der Waals surface area contributed by atoms with Crippen molar-refractivity contribution in [3.63, 3.8) is 0 Å². The maximum atomic E-state index is 9.38. The lowest BCUT2D eigenvalue weighted by Gasteiger charge is -2.09. The first-order valence-corrected chi connectivity index (χ1v) is 5.93. The Morgan fingerprint density at radius 2 is 2.11 bits per heavy atom. The van der Waals surface area contributed by atoms with Crippen LogP contribution in [-0.2, 0) is 0 Å². The molecule has 1 aromatic heterocycles. The van der Waals surface area contributed by atoms with Crippen LogP contribution in [0.3, 0.4) is 0 Å². The van der Waals surface area contributed by atoms with Crippen LogP contribution in [0.2, 0.25) is 0 Å². The number of hydrogen-bond acceptors (Lipinski definition) is 4. The molecule has 0 radical (unpaired) electrons. The molecule has 2 aromatic rings. The van der Waals surface area contributed by atoms with Gasteiger partial charge in [-0.05, 0) is 43.7 Å². The minimum Gasteiger partial charge on any atom is -0.455 e. The number of benzene rings is 1. The molecule has 4 nitrogen and oxygen atoms in total. The minimum atomic E-state index is -0.599. The maximum absolute atomic E-state index is 9.38. The van der Waals surface area contributed by atoms with Gasteiger partial charge in [-0.25, -0.2) is 0 Å². The van der Waals surface area contributed by atoms with Gasteiger partial charge < -0.3 is 9.84 Å². The van der Waals surface area contributed by atoms with Gasteiger partial charge in [-0.15, -0.1) is 0 Å². The van der Waals surface area contributed by atoms with E-state index in [0.29, 0.717) is 22.8 Å². The van der Waals surface area contributed by atoms with E-state index in [-0.39, 0.29) is 0 Å². The fourth-order valence-electron chi connectivity index (χ4n) is 1.61. The van der Waals surface area contributed by atoms with Gasteiger partial charge in [0, 0.05) is 0 Å². The summed E-state index contributed by atoms with van der Waals surface area (Å²) in [5.74, 6) is 1.20. The Labute approximate surface area is 111 Å². The van der Waals surface area contributed by atoms with Gasteiger partial charge in [-0.2, -0.15) is 5.26 Å². The number of ether oxygens (including phenoxy) is 1. The second-order valence-electron chi connectivity index (χ2n) is 4.29. The molecule has 96 valence electrons. The third kappa shape index (κ3) is 3.09. The van der Waals surface area contributed by atoms with Crippen molar-refractivity contribution in [2.75, 3.05) is 0 Å². The van der Waals surface area contributed by atoms with Gasteiger partial charge in [0.25, 0.3) is 0 Å².